The standard InChI is InChI=1S/C26H24N2O6S/c1-3-33-26(32)24-20(15-22(35-24)19-12-8-5-9-13-19)28-23(30)16-34-25(31)21(27-17(2)29)14-18-10-6-4-7-11-18/h4-15H,3,16H2,1-2H3,(H,27,29)(H,28,30)/b21-14+. The van der Waals surface area contributed by atoms with Crippen molar-refractivity contribution in [2.45, 2.75) is 13.8 Å². The van der Waals surface area contributed by atoms with Crippen LogP contribution in [0.15, 0.2) is 72.4 Å². The van der Waals surface area contributed by atoms with E-state index < -0.39 is 30.4 Å². The molecule has 0 aliphatic carbocycles. The zero-order valence-electron chi connectivity index (χ0n) is 19.2. The molecule has 1 heterocycles. The van der Waals surface area contributed by atoms with E-state index in [1.165, 1.54) is 24.3 Å². The highest BCUT2D eigenvalue weighted by Gasteiger charge is 2.21. The number of hydrogen-bond donors (Lipinski definition) is 2. The van der Waals surface area contributed by atoms with E-state index in [1.54, 1.807) is 37.3 Å². The summed E-state index contributed by atoms with van der Waals surface area (Å²) in [6.45, 7) is 2.51. The van der Waals surface area contributed by atoms with Gasteiger partial charge in [-0.05, 0) is 30.2 Å². The number of carbonyl (C=O) groups excluding carboxylic acids is 4. The molecule has 3 rings (SSSR count). The van der Waals surface area contributed by atoms with Crippen molar-refractivity contribution in [1.29, 1.82) is 0 Å². The third-order valence-electron chi connectivity index (χ3n) is 4.50. The van der Waals surface area contributed by atoms with Crippen LogP contribution < -0.4 is 10.6 Å². The third-order valence-corrected chi connectivity index (χ3v) is 5.67. The molecule has 2 aromatic carbocycles. The molecule has 180 valence electrons. The number of carbonyl (C=O) groups is 4. The number of anilines is 1. The van der Waals surface area contributed by atoms with Gasteiger partial charge < -0.3 is 20.1 Å². The Morgan fingerprint density at radius 1 is 0.943 bits per heavy atom. The van der Waals surface area contributed by atoms with E-state index in [4.69, 9.17) is 9.47 Å². The molecule has 0 aliphatic heterocycles. The summed E-state index contributed by atoms with van der Waals surface area (Å²) in [6, 6.07) is 19.9. The van der Waals surface area contributed by atoms with Crippen LogP contribution in [0.3, 0.4) is 0 Å². The van der Waals surface area contributed by atoms with Crippen molar-refractivity contribution in [2.24, 2.45) is 0 Å². The van der Waals surface area contributed by atoms with Gasteiger partial charge in [-0.3, -0.25) is 9.59 Å². The number of nitrogens with one attached hydrogen (secondary N) is 2. The summed E-state index contributed by atoms with van der Waals surface area (Å²) in [5, 5.41) is 5.03. The normalized spacial score (nSPS) is 10.9. The highest BCUT2D eigenvalue weighted by atomic mass is 32.1. The van der Waals surface area contributed by atoms with E-state index >= 15 is 0 Å². The average molecular weight is 493 g/mol. The Hall–Kier alpha value is -4.24. The zero-order valence-corrected chi connectivity index (χ0v) is 20.0. The Kier molecular flexibility index (Phi) is 8.91. The van der Waals surface area contributed by atoms with Crippen LogP contribution >= 0.6 is 11.3 Å². The molecule has 0 radical (unpaired) electrons. The predicted molar refractivity (Wildman–Crippen MR) is 134 cm³/mol. The van der Waals surface area contributed by atoms with E-state index in [2.05, 4.69) is 10.6 Å². The van der Waals surface area contributed by atoms with Crippen LogP contribution in [0.2, 0.25) is 0 Å². The van der Waals surface area contributed by atoms with Gasteiger partial charge in [0.15, 0.2) is 6.61 Å². The molecule has 0 saturated heterocycles. The summed E-state index contributed by atoms with van der Waals surface area (Å²) >= 11 is 1.19. The summed E-state index contributed by atoms with van der Waals surface area (Å²) < 4.78 is 10.2. The zero-order chi connectivity index (χ0) is 25.2. The molecule has 3 aromatic rings. The highest BCUT2D eigenvalue weighted by Crippen LogP contribution is 2.35. The second-order valence-corrected chi connectivity index (χ2v) is 8.27. The molecule has 1 aromatic heterocycles. The van der Waals surface area contributed by atoms with E-state index in [-0.39, 0.29) is 22.9 Å². The lowest BCUT2D eigenvalue weighted by Crippen LogP contribution is -2.29. The van der Waals surface area contributed by atoms with Crippen molar-refractivity contribution in [3.8, 4) is 10.4 Å². The van der Waals surface area contributed by atoms with Gasteiger partial charge in [0.25, 0.3) is 5.91 Å². The largest absolute Gasteiger partial charge is 0.462 e. The van der Waals surface area contributed by atoms with Gasteiger partial charge in [-0.15, -0.1) is 11.3 Å². The first kappa shape index (κ1) is 25.4. The van der Waals surface area contributed by atoms with Crippen molar-refractivity contribution < 1.29 is 28.7 Å². The Morgan fingerprint density at radius 3 is 2.23 bits per heavy atom. The minimum Gasteiger partial charge on any atom is -0.462 e. The molecule has 35 heavy (non-hydrogen) atoms. The lowest BCUT2D eigenvalue weighted by Gasteiger charge is -2.10. The molecular weight excluding hydrogens is 468 g/mol. The first-order valence-corrected chi connectivity index (χ1v) is 11.6. The Balaban J connectivity index is 1.72. The highest BCUT2D eigenvalue weighted by molar-refractivity contribution is 7.18. The maximum Gasteiger partial charge on any atom is 0.355 e. The fraction of sp³-hybridized carbons (Fsp3) is 0.154. The summed E-state index contributed by atoms with van der Waals surface area (Å²) in [5.41, 5.74) is 1.70. The second kappa shape index (κ2) is 12.3. The topological polar surface area (TPSA) is 111 Å². The van der Waals surface area contributed by atoms with E-state index in [0.717, 1.165) is 10.4 Å². The van der Waals surface area contributed by atoms with Gasteiger partial charge >= 0.3 is 11.9 Å². The molecule has 0 saturated carbocycles. The summed E-state index contributed by atoms with van der Waals surface area (Å²) in [4.78, 5) is 50.0. The molecule has 2 amide bonds. The van der Waals surface area contributed by atoms with Gasteiger partial charge in [-0.25, -0.2) is 9.59 Å². The van der Waals surface area contributed by atoms with Gasteiger partial charge in [0.2, 0.25) is 5.91 Å². The number of ether oxygens (including phenoxy) is 2. The molecule has 0 atom stereocenters. The second-order valence-electron chi connectivity index (χ2n) is 7.21. The fourth-order valence-corrected chi connectivity index (χ4v) is 4.04. The van der Waals surface area contributed by atoms with Crippen LogP contribution in [0.25, 0.3) is 16.5 Å². The third kappa shape index (κ3) is 7.38. The Bertz CT molecular complexity index is 1240. The van der Waals surface area contributed by atoms with Gasteiger partial charge in [-0.1, -0.05) is 60.7 Å². The number of benzene rings is 2. The molecule has 0 aliphatic rings. The molecular formula is C26H24N2O6S. The van der Waals surface area contributed by atoms with Gasteiger partial charge in [-0.2, -0.15) is 0 Å². The molecule has 0 bridgehead atoms. The number of rotatable bonds is 9. The van der Waals surface area contributed by atoms with Crippen molar-refractivity contribution in [3.05, 3.63) is 82.9 Å². The van der Waals surface area contributed by atoms with Crippen LogP contribution in [0.1, 0.15) is 29.1 Å². The first-order valence-electron chi connectivity index (χ1n) is 10.7. The Labute approximate surface area is 206 Å². The summed E-state index contributed by atoms with van der Waals surface area (Å²) in [6.07, 6.45) is 1.45. The van der Waals surface area contributed by atoms with E-state index in [0.29, 0.717) is 5.56 Å². The van der Waals surface area contributed by atoms with Crippen molar-refractivity contribution >= 4 is 46.9 Å². The van der Waals surface area contributed by atoms with Crippen LogP contribution in [0, 0.1) is 0 Å². The molecule has 0 spiro atoms. The average Bonchev–Trinajstić information content (AvgIpc) is 3.27. The monoisotopic (exact) mass is 492 g/mol. The van der Waals surface area contributed by atoms with E-state index in [9.17, 15) is 19.2 Å². The predicted octanol–water partition coefficient (Wildman–Crippen LogP) is 4.25. The minimum absolute atomic E-state index is 0.106. The first-order chi connectivity index (χ1) is 16.9. The maximum atomic E-state index is 12.6. The maximum absolute atomic E-state index is 12.6. The number of hydrogen-bond acceptors (Lipinski definition) is 7. The number of thiophene rings is 1. The van der Waals surface area contributed by atoms with E-state index in [1.807, 2.05) is 36.4 Å². The van der Waals surface area contributed by atoms with Crippen molar-refractivity contribution in [2.75, 3.05) is 18.5 Å². The van der Waals surface area contributed by atoms with Gasteiger partial charge in [0.1, 0.15) is 10.6 Å². The van der Waals surface area contributed by atoms with Crippen LogP contribution in [0.5, 0.6) is 0 Å². The van der Waals surface area contributed by atoms with Crippen LogP contribution in [0.4, 0.5) is 5.69 Å². The van der Waals surface area contributed by atoms with Crippen LogP contribution in [-0.4, -0.2) is 37.0 Å². The number of esters is 2. The quantitative estimate of drug-likeness (QED) is 0.341. The molecule has 2 N–H and O–H groups in total. The fourth-order valence-electron chi connectivity index (χ4n) is 3.02. The van der Waals surface area contributed by atoms with Gasteiger partial charge in [0.05, 0.1) is 12.3 Å². The van der Waals surface area contributed by atoms with Crippen molar-refractivity contribution in [1.82, 2.24) is 5.32 Å². The van der Waals surface area contributed by atoms with Crippen LogP contribution in [-0.2, 0) is 23.9 Å². The lowest BCUT2D eigenvalue weighted by molar-refractivity contribution is -0.144. The summed E-state index contributed by atoms with van der Waals surface area (Å²) in [7, 11) is 0. The summed E-state index contributed by atoms with van der Waals surface area (Å²) in [5.74, 6) is -2.55. The van der Waals surface area contributed by atoms with Gasteiger partial charge in [0, 0.05) is 11.8 Å². The molecule has 0 unspecified atom stereocenters. The molecule has 0 fully saturated rings. The lowest BCUT2D eigenvalue weighted by atomic mass is 10.2. The number of amides is 2. The molecule has 9 heteroatoms. The molecule has 8 nitrogen and oxygen atoms in total. The Morgan fingerprint density at radius 2 is 1.60 bits per heavy atom. The smallest absolute Gasteiger partial charge is 0.355 e. The SMILES string of the molecule is CCOC(=O)c1sc(-c2ccccc2)cc1NC(=O)COC(=O)/C(=C\c1ccccc1)NC(C)=O. The minimum atomic E-state index is -0.875. The van der Waals surface area contributed by atoms with Crippen molar-refractivity contribution in [3.63, 3.8) is 0 Å².